The molecule has 3 heterocycles. The lowest BCUT2D eigenvalue weighted by Gasteiger charge is -2.39. The van der Waals surface area contributed by atoms with E-state index in [1.165, 1.54) is 0 Å². The van der Waals surface area contributed by atoms with Gasteiger partial charge in [0.25, 0.3) is 0 Å². The van der Waals surface area contributed by atoms with Gasteiger partial charge in [-0.05, 0) is 59.8 Å². The van der Waals surface area contributed by atoms with Gasteiger partial charge in [-0.3, -0.25) is 29.7 Å². The average Bonchev–Trinajstić information content (AvgIpc) is 3.32. The first-order valence-corrected chi connectivity index (χ1v) is 16.4. The highest BCUT2D eigenvalue weighted by molar-refractivity contribution is 5.86. The second kappa shape index (κ2) is 17.0. The fourth-order valence-corrected chi connectivity index (χ4v) is 6.25. The normalized spacial score (nSPS) is 23.8. The molecular weight excluding hydrogens is 584 g/mol. The molecule has 256 valence electrons. The molecule has 4 atom stereocenters. The molecule has 0 aromatic rings. The number of amides is 2. The first kappa shape index (κ1) is 36.3. The van der Waals surface area contributed by atoms with Crippen LogP contribution in [0.1, 0.15) is 73.1 Å². The van der Waals surface area contributed by atoms with Crippen molar-refractivity contribution < 1.29 is 38.1 Å². The minimum absolute atomic E-state index is 0.0201. The van der Waals surface area contributed by atoms with E-state index in [0.29, 0.717) is 64.7 Å². The van der Waals surface area contributed by atoms with Crippen molar-refractivity contribution in [3.63, 3.8) is 0 Å². The minimum Gasteiger partial charge on any atom is -0.466 e. The predicted molar refractivity (Wildman–Crippen MR) is 167 cm³/mol. The quantitative estimate of drug-likeness (QED) is 0.0943. The summed E-state index contributed by atoms with van der Waals surface area (Å²) in [5.74, 6) is -0.507. The number of cyclic esters (lactones) is 1. The second-order valence-corrected chi connectivity index (χ2v) is 13.1. The summed E-state index contributed by atoms with van der Waals surface area (Å²) in [5, 5.41) is 8.02. The molecule has 3 rings (SSSR count). The van der Waals surface area contributed by atoms with Crippen LogP contribution in [0.2, 0.25) is 0 Å². The number of carbonyl (C=O) groups is 4. The van der Waals surface area contributed by atoms with Gasteiger partial charge in [0.1, 0.15) is 23.6 Å². The fraction of sp³-hybridized carbons (Fsp3) is 0.839. The molecule has 0 bridgehead atoms. The molecular formula is C31H54N6O8. The Kier molecular flexibility index (Phi) is 13.7. The number of nitrogens with one attached hydrogen (secondary N) is 1. The number of ether oxygens (including phenoxy) is 4. The lowest BCUT2D eigenvalue weighted by Crippen LogP contribution is -2.54. The summed E-state index contributed by atoms with van der Waals surface area (Å²) in [4.78, 5) is 57.4. The van der Waals surface area contributed by atoms with Crippen LogP contribution in [-0.2, 0) is 28.5 Å². The topological polar surface area (TPSA) is 168 Å². The van der Waals surface area contributed by atoms with Crippen LogP contribution in [-0.4, -0.2) is 139 Å². The largest absolute Gasteiger partial charge is 0.466 e. The number of rotatable bonds is 14. The molecule has 14 heteroatoms. The fourth-order valence-electron chi connectivity index (χ4n) is 6.25. The molecule has 0 aliphatic carbocycles. The standard InChI is InChI=1S/C31H54N6O8/c1-6-42-26(38)19-25(28(39)43-7-2)35-16-14-34(15-17-35)20-23-21-36(29(40)44-23)12-9-8-10-22-11-13-37(24(18-22)27(32)33)30(41)45-31(3,4)5/h22-25H,6-21H2,1-5H3,(H3,32,33). The van der Waals surface area contributed by atoms with E-state index < -0.39 is 35.7 Å². The Labute approximate surface area is 267 Å². The summed E-state index contributed by atoms with van der Waals surface area (Å²) in [7, 11) is 0. The van der Waals surface area contributed by atoms with Gasteiger partial charge in [0.2, 0.25) is 0 Å². The van der Waals surface area contributed by atoms with E-state index in [1.54, 1.807) is 23.6 Å². The molecule has 0 radical (unpaired) electrons. The van der Waals surface area contributed by atoms with Gasteiger partial charge >= 0.3 is 24.1 Å². The van der Waals surface area contributed by atoms with Crippen LogP contribution >= 0.6 is 0 Å². The van der Waals surface area contributed by atoms with Crippen molar-refractivity contribution in [3.8, 4) is 0 Å². The molecule has 45 heavy (non-hydrogen) atoms. The number of carbonyl (C=O) groups excluding carboxylic acids is 4. The number of piperidine rings is 1. The van der Waals surface area contributed by atoms with Crippen LogP contribution in [0, 0.1) is 11.3 Å². The summed E-state index contributed by atoms with van der Waals surface area (Å²) < 4.78 is 21.5. The molecule has 0 aromatic heterocycles. The van der Waals surface area contributed by atoms with E-state index in [-0.39, 0.29) is 37.7 Å². The van der Waals surface area contributed by atoms with Crippen molar-refractivity contribution in [1.29, 1.82) is 5.41 Å². The Bertz CT molecular complexity index is 1030. The van der Waals surface area contributed by atoms with Crippen molar-refractivity contribution in [3.05, 3.63) is 0 Å². The van der Waals surface area contributed by atoms with E-state index in [9.17, 15) is 19.2 Å². The maximum Gasteiger partial charge on any atom is 0.410 e. The zero-order valence-electron chi connectivity index (χ0n) is 27.8. The molecule has 3 fully saturated rings. The first-order chi connectivity index (χ1) is 21.3. The Morgan fingerprint density at radius 3 is 2.36 bits per heavy atom. The van der Waals surface area contributed by atoms with Crippen LogP contribution < -0.4 is 5.73 Å². The number of hydrogen-bond donors (Lipinski definition) is 2. The highest BCUT2D eigenvalue weighted by Gasteiger charge is 2.37. The number of esters is 2. The van der Waals surface area contributed by atoms with Crippen molar-refractivity contribution in [2.24, 2.45) is 11.7 Å². The van der Waals surface area contributed by atoms with E-state index >= 15 is 0 Å². The maximum absolute atomic E-state index is 12.6. The zero-order chi connectivity index (χ0) is 33.1. The van der Waals surface area contributed by atoms with Gasteiger partial charge in [0.15, 0.2) is 0 Å². The molecule has 4 unspecified atom stereocenters. The molecule has 0 spiro atoms. The van der Waals surface area contributed by atoms with E-state index in [2.05, 4.69) is 4.90 Å². The van der Waals surface area contributed by atoms with Crippen molar-refractivity contribution >= 4 is 30.0 Å². The third-order valence-electron chi connectivity index (χ3n) is 8.47. The Balaban J connectivity index is 1.38. The molecule has 0 aromatic carbocycles. The summed E-state index contributed by atoms with van der Waals surface area (Å²) in [6, 6.07) is -1.12. The maximum atomic E-state index is 12.6. The predicted octanol–water partition coefficient (Wildman–Crippen LogP) is 2.43. The van der Waals surface area contributed by atoms with Gasteiger partial charge in [-0.1, -0.05) is 12.8 Å². The molecule has 3 N–H and O–H groups in total. The highest BCUT2D eigenvalue weighted by atomic mass is 16.6. The number of piperazine rings is 1. The van der Waals surface area contributed by atoms with E-state index in [0.717, 1.165) is 25.7 Å². The molecule has 3 aliphatic heterocycles. The number of nitrogens with zero attached hydrogens (tertiary/aromatic N) is 4. The number of likely N-dealkylation sites (tertiary alicyclic amines) is 1. The van der Waals surface area contributed by atoms with Gasteiger partial charge in [-0.25, -0.2) is 9.59 Å². The summed E-state index contributed by atoms with van der Waals surface area (Å²) in [6.45, 7) is 14.3. The molecule has 3 saturated heterocycles. The second-order valence-electron chi connectivity index (χ2n) is 13.1. The van der Waals surface area contributed by atoms with Gasteiger partial charge < -0.3 is 29.6 Å². The SMILES string of the molecule is CCOC(=O)CC(C(=O)OCC)N1CCN(CC2CN(CCCCC3CCN(C(=O)OC(C)(C)C)C(C(=N)N)C3)C(=O)O2)CC1. The number of unbranched alkanes of at least 4 members (excludes halogenated alkanes) is 1. The molecule has 2 amide bonds. The third kappa shape index (κ3) is 11.3. The average molecular weight is 639 g/mol. The molecule has 14 nitrogen and oxygen atoms in total. The lowest BCUT2D eigenvalue weighted by molar-refractivity contribution is -0.157. The Morgan fingerprint density at radius 1 is 1.04 bits per heavy atom. The third-order valence-corrected chi connectivity index (χ3v) is 8.47. The van der Waals surface area contributed by atoms with Gasteiger partial charge in [-0.2, -0.15) is 0 Å². The minimum atomic E-state index is -0.670. The molecule has 3 aliphatic rings. The first-order valence-electron chi connectivity index (χ1n) is 16.4. The Morgan fingerprint density at radius 2 is 1.73 bits per heavy atom. The van der Waals surface area contributed by atoms with E-state index in [4.69, 9.17) is 30.1 Å². The summed E-state index contributed by atoms with van der Waals surface area (Å²) >= 11 is 0. The van der Waals surface area contributed by atoms with Crippen molar-refractivity contribution in [2.75, 3.05) is 65.6 Å². The molecule has 0 saturated carbocycles. The van der Waals surface area contributed by atoms with Gasteiger partial charge in [0, 0.05) is 45.8 Å². The monoisotopic (exact) mass is 638 g/mol. The number of hydrogen-bond acceptors (Lipinski definition) is 11. The zero-order valence-corrected chi connectivity index (χ0v) is 27.8. The summed E-state index contributed by atoms with van der Waals surface area (Å²) in [6.07, 6.45) is 3.18. The van der Waals surface area contributed by atoms with Crippen LogP contribution in [0.25, 0.3) is 0 Å². The van der Waals surface area contributed by atoms with Crippen LogP contribution in [0.5, 0.6) is 0 Å². The van der Waals surface area contributed by atoms with Gasteiger partial charge in [0.05, 0.1) is 32.2 Å². The lowest BCUT2D eigenvalue weighted by atomic mass is 9.86. The van der Waals surface area contributed by atoms with Crippen molar-refractivity contribution in [1.82, 2.24) is 19.6 Å². The van der Waals surface area contributed by atoms with Crippen molar-refractivity contribution in [2.45, 2.75) is 96.9 Å². The number of nitrogens with two attached hydrogens (primary N) is 1. The smallest absolute Gasteiger partial charge is 0.410 e. The van der Waals surface area contributed by atoms with Crippen LogP contribution in [0.3, 0.4) is 0 Å². The summed E-state index contributed by atoms with van der Waals surface area (Å²) in [5.41, 5.74) is 5.25. The van der Waals surface area contributed by atoms with Crippen LogP contribution in [0.4, 0.5) is 9.59 Å². The number of amidine groups is 1. The van der Waals surface area contributed by atoms with E-state index in [1.807, 2.05) is 25.7 Å². The van der Waals surface area contributed by atoms with Crippen LogP contribution in [0.15, 0.2) is 0 Å². The Hall–Kier alpha value is -3.13. The van der Waals surface area contributed by atoms with Gasteiger partial charge in [-0.15, -0.1) is 0 Å². The highest BCUT2D eigenvalue weighted by Crippen LogP contribution is 2.29.